The standard InChI is InChI=1S/C12H23N3O.C8H13ClN2/c1-10(2)8-15-9-13-12(11(15)16)4-6-14(3)7-5-12;1-3-4-7(2)8(11-10)5-6-9/h10,13H,4-9H2,1-3H3;3-5,11H,1,6,10H2,2H3/b;7-4-,8-5+. The lowest BCUT2D eigenvalue weighted by Gasteiger charge is -2.36. The van der Waals surface area contributed by atoms with Gasteiger partial charge in [0.2, 0.25) is 5.91 Å². The number of amides is 1. The Kier molecular flexibility index (Phi) is 10.1. The maximum absolute atomic E-state index is 12.4. The number of nitrogens with one attached hydrogen (secondary N) is 2. The number of hydrazine groups is 1. The van der Waals surface area contributed by atoms with E-state index in [1.54, 1.807) is 12.2 Å². The second-order valence-electron chi connectivity index (χ2n) is 7.64. The highest BCUT2D eigenvalue weighted by Gasteiger charge is 2.47. The van der Waals surface area contributed by atoms with E-state index in [2.05, 4.69) is 43.1 Å². The number of hydrogen-bond donors (Lipinski definition) is 3. The minimum Gasteiger partial charge on any atom is -0.328 e. The molecular formula is C20H36ClN5O. The average molecular weight is 398 g/mol. The molecule has 2 aliphatic heterocycles. The lowest BCUT2D eigenvalue weighted by atomic mass is 9.87. The number of halogens is 1. The number of allylic oxidation sites excluding steroid dienone is 4. The predicted octanol–water partition coefficient (Wildman–Crippen LogP) is 2.20. The number of alkyl halides is 1. The van der Waals surface area contributed by atoms with Gasteiger partial charge in [-0.15, -0.1) is 11.6 Å². The van der Waals surface area contributed by atoms with Gasteiger partial charge in [0.1, 0.15) is 5.54 Å². The third-order valence-corrected chi connectivity index (χ3v) is 5.11. The first-order valence-electron chi connectivity index (χ1n) is 9.55. The lowest BCUT2D eigenvalue weighted by molar-refractivity contribution is -0.134. The summed E-state index contributed by atoms with van der Waals surface area (Å²) in [4.78, 5) is 16.6. The van der Waals surface area contributed by atoms with Gasteiger partial charge in [0.15, 0.2) is 0 Å². The second kappa shape index (κ2) is 11.5. The van der Waals surface area contributed by atoms with Gasteiger partial charge in [0.25, 0.3) is 0 Å². The number of nitrogens with two attached hydrogens (primary N) is 1. The van der Waals surface area contributed by atoms with Crippen LogP contribution in [0.2, 0.25) is 0 Å². The maximum atomic E-state index is 12.4. The van der Waals surface area contributed by atoms with E-state index in [1.807, 2.05) is 17.9 Å². The molecule has 0 bridgehead atoms. The number of hydrogen-bond acceptors (Lipinski definition) is 5. The molecule has 154 valence electrons. The van der Waals surface area contributed by atoms with E-state index in [1.165, 1.54) is 0 Å². The molecular weight excluding hydrogens is 362 g/mol. The molecule has 2 fully saturated rings. The molecule has 4 N–H and O–H groups in total. The molecule has 2 heterocycles. The summed E-state index contributed by atoms with van der Waals surface area (Å²) in [5, 5.41) is 3.45. The third-order valence-electron chi connectivity index (χ3n) is 4.96. The summed E-state index contributed by atoms with van der Waals surface area (Å²) in [5.41, 5.74) is 4.16. The van der Waals surface area contributed by atoms with Gasteiger partial charge in [-0.05, 0) is 44.4 Å². The Morgan fingerprint density at radius 3 is 2.56 bits per heavy atom. The molecule has 0 unspecified atom stereocenters. The largest absolute Gasteiger partial charge is 0.328 e. The highest BCUT2D eigenvalue weighted by atomic mass is 35.5. The number of piperidine rings is 1. The van der Waals surface area contributed by atoms with E-state index in [-0.39, 0.29) is 5.54 Å². The van der Waals surface area contributed by atoms with Crippen molar-refractivity contribution < 1.29 is 4.79 Å². The zero-order valence-corrected chi connectivity index (χ0v) is 18.0. The normalized spacial score (nSPS) is 20.7. The number of nitrogens with zero attached hydrogens (tertiary/aromatic N) is 2. The van der Waals surface area contributed by atoms with Gasteiger partial charge >= 0.3 is 0 Å². The van der Waals surface area contributed by atoms with Crippen LogP contribution in [-0.4, -0.2) is 60.5 Å². The van der Waals surface area contributed by atoms with E-state index in [9.17, 15) is 4.79 Å². The molecule has 2 saturated heterocycles. The molecule has 0 atom stereocenters. The van der Waals surface area contributed by atoms with Crippen LogP contribution in [0, 0.1) is 5.92 Å². The van der Waals surface area contributed by atoms with Crippen molar-refractivity contribution in [2.75, 3.05) is 39.2 Å². The van der Waals surface area contributed by atoms with Gasteiger partial charge < -0.3 is 15.2 Å². The Morgan fingerprint density at radius 2 is 2.07 bits per heavy atom. The third kappa shape index (κ3) is 6.96. The van der Waals surface area contributed by atoms with Crippen molar-refractivity contribution in [1.29, 1.82) is 0 Å². The number of carbonyl (C=O) groups is 1. The van der Waals surface area contributed by atoms with Crippen molar-refractivity contribution in [2.45, 2.75) is 39.2 Å². The fourth-order valence-electron chi connectivity index (χ4n) is 3.35. The Hall–Kier alpha value is -1.34. The highest BCUT2D eigenvalue weighted by Crippen LogP contribution is 2.28. The first kappa shape index (κ1) is 23.7. The quantitative estimate of drug-likeness (QED) is 0.277. The fraction of sp³-hybridized carbons (Fsp3) is 0.650. The van der Waals surface area contributed by atoms with Crippen molar-refractivity contribution in [3.63, 3.8) is 0 Å². The van der Waals surface area contributed by atoms with Gasteiger partial charge in [0.05, 0.1) is 6.67 Å². The van der Waals surface area contributed by atoms with E-state index >= 15 is 0 Å². The maximum Gasteiger partial charge on any atom is 0.244 e. The van der Waals surface area contributed by atoms with Crippen molar-refractivity contribution in [1.82, 2.24) is 20.5 Å². The molecule has 0 aromatic carbocycles. The fourth-order valence-corrected chi connectivity index (χ4v) is 3.51. The zero-order valence-electron chi connectivity index (χ0n) is 17.2. The second-order valence-corrected chi connectivity index (χ2v) is 7.95. The summed E-state index contributed by atoms with van der Waals surface area (Å²) < 4.78 is 0. The molecule has 0 aliphatic carbocycles. The van der Waals surface area contributed by atoms with Gasteiger partial charge in [-0.3, -0.25) is 16.0 Å². The van der Waals surface area contributed by atoms with E-state index < -0.39 is 0 Å². The minimum atomic E-state index is -0.235. The van der Waals surface area contributed by atoms with E-state index in [0.717, 1.165) is 50.4 Å². The van der Waals surface area contributed by atoms with Crippen LogP contribution in [0.15, 0.2) is 36.1 Å². The van der Waals surface area contributed by atoms with Gasteiger partial charge in [-0.25, -0.2) is 0 Å². The topological polar surface area (TPSA) is 73.6 Å². The van der Waals surface area contributed by atoms with Crippen LogP contribution in [0.3, 0.4) is 0 Å². The van der Waals surface area contributed by atoms with Crippen LogP contribution in [0.25, 0.3) is 0 Å². The number of carbonyl (C=O) groups excluding carboxylic acids is 1. The molecule has 2 aliphatic rings. The molecule has 0 saturated carbocycles. The van der Waals surface area contributed by atoms with Crippen LogP contribution in [0.4, 0.5) is 0 Å². The summed E-state index contributed by atoms with van der Waals surface area (Å²) in [5.74, 6) is 6.56. The van der Waals surface area contributed by atoms with Crippen LogP contribution in [0.5, 0.6) is 0 Å². The Morgan fingerprint density at radius 1 is 1.44 bits per heavy atom. The predicted molar refractivity (Wildman–Crippen MR) is 114 cm³/mol. The Bertz CT molecular complexity index is 551. The van der Waals surface area contributed by atoms with Gasteiger partial charge in [-0.2, -0.15) is 0 Å². The molecule has 27 heavy (non-hydrogen) atoms. The molecule has 0 radical (unpaired) electrons. The molecule has 0 aromatic heterocycles. The monoisotopic (exact) mass is 397 g/mol. The van der Waals surface area contributed by atoms with Gasteiger partial charge in [0, 0.05) is 31.2 Å². The number of rotatable bonds is 6. The molecule has 1 amide bonds. The van der Waals surface area contributed by atoms with Crippen molar-refractivity contribution in [3.05, 3.63) is 36.1 Å². The van der Waals surface area contributed by atoms with Crippen LogP contribution in [0.1, 0.15) is 33.6 Å². The Balaban J connectivity index is 0.000000293. The van der Waals surface area contributed by atoms with Crippen LogP contribution < -0.4 is 16.6 Å². The van der Waals surface area contributed by atoms with Crippen molar-refractivity contribution in [3.8, 4) is 0 Å². The molecule has 6 nitrogen and oxygen atoms in total. The van der Waals surface area contributed by atoms with Crippen LogP contribution >= 0.6 is 11.6 Å². The Labute approximate surface area is 169 Å². The first-order valence-corrected chi connectivity index (χ1v) is 10.1. The summed E-state index contributed by atoms with van der Waals surface area (Å²) >= 11 is 5.49. The molecule has 1 spiro atoms. The number of likely N-dealkylation sites (tertiary alicyclic amines) is 1. The minimum absolute atomic E-state index is 0.235. The van der Waals surface area contributed by atoms with Crippen molar-refractivity contribution in [2.24, 2.45) is 11.8 Å². The summed E-state index contributed by atoms with van der Waals surface area (Å²) in [6.07, 6.45) is 7.28. The van der Waals surface area contributed by atoms with E-state index in [4.69, 9.17) is 17.4 Å². The smallest absolute Gasteiger partial charge is 0.244 e. The van der Waals surface area contributed by atoms with Crippen LogP contribution in [-0.2, 0) is 4.79 Å². The molecule has 2 rings (SSSR count). The summed E-state index contributed by atoms with van der Waals surface area (Å²) in [6.45, 7) is 13.5. The summed E-state index contributed by atoms with van der Waals surface area (Å²) in [6, 6.07) is 0. The highest BCUT2D eigenvalue weighted by molar-refractivity contribution is 6.19. The van der Waals surface area contributed by atoms with E-state index in [0.29, 0.717) is 17.7 Å². The zero-order chi connectivity index (χ0) is 20.4. The first-order chi connectivity index (χ1) is 12.8. The molecule has 0 aromatic rings. The van der Waals surface area contributed by atoms with Gasteiger partial charge in [-0.1, -0.05) is 32.6 Å². The average Bonchev–Trinajstić information content (AvgIpc) is 2.92. The summed E-state index contributed by atoms with van der Waals surface area (Å²) in [7, 11) is 2.12. The van der Waals surface area contributed by atoms with Crippen molar-refractivity contribution >= 4 is 17.5 Å². The SMILES string of the molecule is C=C/C=C(C)\C(=C/CCl)NN.CC(C)CN1CNC2(CCN(C)CC2)C1=O. The lowest BCUT2D eigenvalue weighted by Crippen LogP contribution is -2.54. The molecule has 7 heteroatoms.